The van der Waals surface area contributed by atoms with Gasteiger partial charge in [-0.25, -0.2) is 0 Å². The number of hydrogen-bond donors (Lipinski definition) is 0. The van der Waals surface area contributed by atoms with Gasteiger partial charge < -0.3 is 4.90 Å². The van der Waals surface area contributed by atoms with Crippen molar-refractivity contribution in [3.8, 4) is 0 Å². The van der Waals surface area contributed by atoms with Gasteiger partial charge in [-0.3, -0.25) is 4.79 Å². The molecule has 0 unspecified atom stereocenters. The molecule has 1 aliphatic heterocycles. The van der Waals surface area contributed by atoms with Crippen molar-refractivity contribution in [1.29, 1.82) is 0 Å². The molecule has 0 N–H and O–H groups in total. The van der Waals surface area contributed by atoms with E-state index in [2.05, 4.69) is 18.2 Å². The molecule has 0 spiro atoms. The van der Waals surface area contributed by atoms with Gasteiger partial charge in [-0.1, -0.05) is 42.5 Å². The molecule has 1 heterocycles. The summed E-state index contributed by atoms with van der Waals surface area (Å²) in [4.78, 5) is 13.4. The van der Waals surface area contributed by atoms with E-state index in [-0.39, 0.29) is 11.8 Å². The van der Waals surface area contributed by atoms with Crippen molar-refractivity contribution in [2.45, 2.75) is 12.6 Å². The predicted molar refractivity (Wildman–Crippen MR) is 53.4 cm³/mol. The van der Waals surface area contributed by atoms with Crippen molar-refractivity contribution < 1.29 is 4.79 Å². The fraction of sp³-hybridized carbons (Fsp3) is 0.250. The van der Waals surface area contributed by atoms with Crippen molar-refractivity contribution in [3.05, 3.63) is 48.0 Å². The van der Waals surface area contributed by atoms with Crippen LogP contribution in [0.2, 0.25) is 0 Å². The molecule has 2 atom stereocenters. The second-order valence-electron chi connectivity index (χ2n) is 3.85. The third kappa shape index (κ3) is 0.939. The summed E-state index contributed by atoms with van der Waals surface area (Å²) in [6.45, 7) is 0.755. The summed E-state index contributed by atoms with van der Waals surface area (Å²) in [7, 11) is 0. The molecule has 1 aliphatic carbocycles. The fourth-order valence-corrected chi connectivity index (χ4v) is 2.07. The highest BCUT2D eigenvalue weighted by atomic mass is 16.2. The molecule has 1 aromatic rings. The van der Waals surface area contributed by atoms with Crippen LogP contribution in [0.4, 0.5) is 0 Å². The highest BCUT2D eigenvalue weighted by Gasteiger charge is 2.48. The monoisotopic (exact) mass is 185 g/mol. The SMILES string of the molecule is O=C1[C@H]2C=C[C@@H]2N1Cc1ccccc1. The smallest absolute Gasteiger partial charge is 0.232 e. The lowest BCUT2D eigenvalue weighted by atomic mass is 9.78. The van der Waals surface area contributed by atoms with Gasteiger partial charge >= 0.3 is 0 Å². The molecule has 1 saturated heterocycles. The molecular formula is C12H11NO. The number of benzene rings is 1. The first kappa shape index (κ1) is 7.80. The van der Waals surface area contributed by atoms with E-state index in [1.54, 1.807) is 0 Å². The maximum absolute atomic E-state index is 11.5. The molecule has 2 heteroatoms. The van der Waals surface area contributed by atoms with Gasteiger partial charge in [0.15, 0.2) is 0 Å². The average Bonchev–Trinajstić information content (AvgIpc) is 2.17. The summed E-state index contributed by atoms with van der Waals surface area (Å²) in [5.74, 6) is 0.486. The zero-order valence-electron chi connectivity index (χ0n) is 7.76. The number of likely N-dealkylation sites (tertiary alicyclic amines) is 1. The van der Waals surface area contributed by atoms with Crippen LogP contribution in [0.15, 0.2) is 42.5 Å². The summed E-state index contributed by atoms with van der Waals surface area (Å²) >= 11 is 0. The minimum Gasteiger partial charge on any atom is -0.330 e. The first-order valence-electron chi connectivity index (χ1n) is 4.89. The lowest BCUT2D eigenvalue weighted by Gasteiger charge is -2.49. The van der Waals surface area contributed by atoms with E-state index >= 15 is 0 Å². The Bertz CT molecular complexity index is 396. The van der Waals surface area contributed by atoms with Crippen LogP contribution in [0, 0.1) is 5.92 Å². The van der Waals surface area contributed by atoms with Crippen LogP contribution in [0.5, 0.6) is 0 Å². The van der Waals surface area contributed by atoms with E-state index in [4.69, 9.17) is 0 Å². The molecule has 3 rings (SSSR count). The maximum atomic E-state index is 11.5. The minimum absolute atomic E-state index is 0.207. The van der Waals surface area contributed by atoms with E-state index < -0.39 is 0 Å². The van der Waals surface area contributed by atoms with Gasteiger partial charge in [0.2, 0.25) is 5.91 Å². The maximum Gasteiger partial charge on any atom is 0.232 e. The summed E-state index contributed by atoms with van der Waals surface area (Å²) in [5.41, 5.74) is 1.21. The van der Waals surface area contributed by atoms with Gasteiger partial charge in [0.25, 0.3) is 0 Å². The molecule has 1 amide bonds. The first-order valence-corrected chi connectivity index (χ1v) is 4.89. The number of β-lactam (4-membered cyclic amide) rings is 1. The second-order valence-corrected chi connectivity index (χ2v) is 3.85. The third-order valence-electron chi connectivity index (χ3n) is 3.01. The Balaban J connectivity index is 1.75. The minimum atomic E-state index is 0.207. The number of hydrogen-bond acceptors (Lipinski definition) is 1. The largest absolute Gasteiger partial charge is 0.330 e. The van der Waals surface area contributed by atoms with Crippen LogP contribution in [0.3, 0.4) is 0 Å². The van der Waals surface area contributed by atoms with Crippen molar-refractivity contribution in [2.24, 2.45) is 5.92 Å². The lowest BCUT2D eigenvalue weighted by molar-refractivity contribution is -0.152. The highest BCUT2D eigenvalue weighted by Crippen LogP contribution is 2.37. The molecule has 14 heavy (non-hydrogen) atoms. The van der Waals surface area contributed by atoms with Gasteiger partial charge in [0.05, 0.1) is 12.0 Å². The van der Waals surface area contributed by atoms with Gasteiger partial charge in [-0.05, 0) is 5.56 Å². The van der Waals surface area contributed by atoms with Crippen LogP contribution in [0.1, 0.15) is 5.56 Å². The number of fused-ring (bicyclic) bond motifs is 1. The van der Waals surface area contributed by atoms with E-state index in [1.165, 1.54) is 5.56 Å². The Morgan fingerprint density at radius 2 is 1.93 bits per heavy atom. The molecular weight excluding hydrogens is 174 g/mol. The molecule has 70 valence electrons. The number of carbonyl (C=O) groups excluding carboxylic acids is 1. The summed E-state index contributed by atoms with van der Waals surface area (Å²) in [6, 6.07) is 10.5. The quantitative estimate of drug-likeness (QED) is 0.506. The van der Waals surface area contributed by atoms with Gasteiger partial charge in [0, 0.05) is 6.54 Å². The lowest BCUT2D eigenvalue weighted by Crippen LogP contribution is -2.62. The summed E-state index contributed by atoms with van der Waals surface area (Å²) in [5, 5.41) is 0. The average molecular weight is 185 g/mol. The topological polar surface area (TPSA) is 20.3 Å². The molecule has 2 nitrogen and oxygen atoms in total. The fourth-order valence-electron chi connectivity index (χ4n) is 2.07. The first-order chi connectivity index (χ1) is 6.86. The van der Waals surface area contributed by atoms with Crippen molar-refractivity contribution >= 4 is 5.91 Å². The number of rotatable bonds is 2. The summed E-state index contributed by atoms with van der Waals surface area (Å²) < 4.78 is 0. The predicted octanol–water partition coefficient (Wildman–Crippen LogP) is 1.58. The van der Waals surface area contributed by atoms with E-state index in [9.17, 15) is 4.79 Å². The Kier molecular flexibility index (Phi) is 1.51. The van der Waals surface area contributed by atoms with Crippen molar-refractivity contribution in [3.63, 3.8) is 0 Å². The van der Waals surface area contributed by atoms with E-state index in [1.807, 2.05) is 29.2 Å². The zero-order chi connectivity index (χ0) is 9.54. The van der Waals surface area contributed by atoms with Gasteiger partial charge in [-0.15, -0.1) is 0 Å². The Morgan fingerprint density at radius 3 is 2.50 bits per heavy atom. The highest BCUT2D eigenvalue weighted by molar-refractivity contribution is 5.90. The van der Waals surface area contributed by atoms with Crippen molar-refractivity contribution in [1.82, 2.24) is 4.90 Å². The standard InChI is InChI=1S/C12H11NO/c14-12-10-6-7-11(10)13(12)8-9-4-2-1-3-5-9/h1-7,10-11H,8H2/t10-,11-/m0/s1. The van der Waals surface area contributed by atoms with Crippen molar-refractivity contribution in [2.75, 3.05) is 0 Å². The van der Waals surface area contributed by atoms with Crippen LogP contribution in [0.25, 0.3) is 0 Å². The normalized spacial score (nSPS) is 28.0. The Labute approximate surface area is 82.8 Å². The summed E-state index contributed by atoms with van der Waals surface area (Å²) in [6.07, 6.45) is 4.10. The Hall–Kier alpha value is -1.57. The Morgan fingerprint density at radius 1 is 1.14 bits per heavy atom. The molecule has 0 bridgehead atoms. The number of carbonyl (C=O) groups is 1. The van der Waals surface area contributed by atoms with E-state index in [0.717, 1.165) is 6.54 Å². The molecule has 1 aromatic carbocycles. The zero-order valence-corrected chi connectivity index (χ0v) is 7.76. The van der Waals surface area contributed by atoms with Crippen LogP contribution < -0.4 is 0 Å². The number of amides is 1. The van der Waals surface area contributed by atoms with E-state index in [0.29, 0.717) is 6.04 Å². The second kappa shape index (κ2) is 2.71. The van der Waals surface area contributed by atoms with Gasteiger partial charge in [-0.2, -0.15) is 0 Å². The molecule has 0 radical (unpaired) electrons. The van der Waals surface area contributed by atoms with Crippen LogP contribution >= 0.6 is 0 Å². The molecule has 0 aromatic heterocycles. The molecule has 2 aliphatic rings. The van der Waals surface area contributed by atoms with Gasteiger partial charge in [0.1, 0.15) is 0 Å². The molecule has 0 saturated carbocycles. The number of nitrogens with zero attached hydrogens (tertiary/aromatic N) is 1. The van der Waals surface area contributed by atoms with Crippen LogP contribution in [-0.2, 0) is 11.3 Å². The van der Waals surface area contributed by atoms with Crippen LogP contribution in [-0.4, -0.2) is 16.8 Å². The third-order valence-corrected chi connectivity index (χ3v) is 3.01. The molecule has 1 fully saturated rings.